The SMILES string of the molecule is CC(O)COc1ccc(Br)cc1C#N. The largest absolute Gasteiger partial charge is 0.490 e. The zero-order valence-corrected chi connectivity index (χ0v) is 9.28. The Morgan fingerprint density at radius 1 is 1.64 bits per heavy atom. The Hall–Kier alpha value is -1.05. The second-order valence-corrected chi connectivity index (χ2v) is 3.83. The summed E-state index contributed by atoms with van der Waals surface area (Å²) < 4.78 is 6.08. The molecule has 1 aromatic rings. The predicted molar refractivity (Wildman–Crippen MR) is 56.0 cm³/mol. The van der Waals surface area contributed by atoms with Crippen LogP contribution in [0, 0.1) is 11.3 Å². The first-order chi connectivity index (χ1) is 6.63. The van der Waals surface area contributed by atoms with E-state index in [1.54, 1.807) is 25.1 Å². The maximum absolute atomic E-state index is 9.01. The van der Waals surface area contributed by atoms with Crippen molar-refractivity contribution >= 4 is 15.9 Å². The molecule has 0 aliphatic carbocycles. The highest BCUT2D eigenvalue weighted by Gasteiger charge is 2.04. The van der Waals surface area contributed by atoms with Gasteiger partial charge in [-0.3, -0.25) is 0 Å². The first kappa shape index (κ1) is 11.0. The van der Waals surface area contributed by atoms with E-state index in [4.69, 9.17) is 15.1 Å². The Bertz CT molecular complexity index is 358. The maximum atomic E-state index is 9.01. The van der Waals surface area contributed by atoms with Crippen molar-refractivity contribution in [3.8, 4) is 11.8 Å². The average molecular weight is 256 g/mol. The fourth-order valence-corrected chi connectivity index (χ4v) is 1.29. The molecule has 3 nitrogen and oxygen atoms in total. The molecule has 1 atom stereocenters. The lowest BCUT2D eigenvalue weighted by molar-refractivity contribution is 0.122. The highest BCUT2D eigenvalue weighted by Crippen LogP contribution is 2.22. The topological polar surface area (TPSA) is 53.2 Å². The molecule has 1 unspecified atom stereocenters. The van der Waals surface area contributed by atoms with Crippen LogP contribution in [-0.2, 0) is 0 Å². The summed E-state index contributed by atoms with van der Waals surface area (Å²) in [6.07, 6.45) is -0.537. The fourth-order valence-electron chi connectivity index (χ4n) is 0.926. The van der Waals surface area contributed by atoms with Gasteiger partial charge in [0.15, 0.2) is 0 Å². The van der Waals surface area contributed by atoms with Gasteiger partial charge in [0, 0.05) is 4.47 Å². The van der Waals surface area contributed by atoms with Crippen LogP contribution in [0.25, 0.3) is 0 Å². The normalized spacial score (nSPS) is 11.9. The molecular formula is C10H10BrNO2. The summed E-state index contributed by atoms with van der Waals surface area (Å²) in [6.45, 7) is 1.82. The van der Waals surface area contributed by atoms with Crippen molar-refractivity contribution in [1.82, 2.24) is 0 Å². The van der Waals surface area contributed by atoms with Crippen LogP contribution in [0.5, 0.6) is 5.75 Å². The van der Waals surface area contributed by atoms with E-state index < -0.39 is 6.10 Å². The quantitative estimate of drug-likeness (QED) is 0.900. The molecule has 1 rings (SSSR count). The lowest BCUT2D eigenvalue weighted by Crippen LogP contribution is -2.13. The van der Waals surface area contributed by atoms with Gasteiger partial charge in [0.2, 0.25) is 0 Å². The number of aliphatic hydroxyl groups is 1. The molecule has 1 aromatic carbocycles. The molecule has 14 heavy (non-hydrogen) atoms. The van der Waals surface area contributed by atoms with Gasteiger partial charge in [0.25, 0.3) is 0 Å². The Labute approximate surface area is 91.1 Å². The number of halogens is 1. The van der Waals surface area contributed by atoms with Crippen LogP contribution < -0.4 is 4.74 Å². The van der Waals surface area contributed by atoms with Crippen molar-refractivity contribution in [3.63, 3.8) is 0 Å². The molecule has 0 heterocycles. The number of benzene rings is 1. The van der Waals surface area contributed by atoms with E-state index in [0.29, 0.717) is 11.3 Å². The molecular weight excluding hydrogens is 246 g/mol. The van der Waals surface area contributed by atoms with E-state index in [1.165, 1.54) is 0 Å². The van der Waals surface area contributed by atoms with Gasteiger partial charge in [-0.2, -0.15) is 5.26 Å². The van der Waals surface area contributed by atoms with Gasteiger partial charge in [-0.1, -0.05) is 15.9 Å². The van der Waals surface area contributed by atoms with Crippen molar-refractivity contribution < 1.29 is 9.84 Å². The highest BCUT2D eigenvalue weighted by molar-refractivity contribution is 9.10. The monoisotopic (exact) mass is 255 g/mol. The van der Waals surface area contributed by atoms with Crippen LogP contribution in [0.2, 0.25) is 0 Å². The molecule has 0 saturated carbocycles. The van der Waals surface area contributed by atoms with Crippen LogP contribution in [0.3, 0.4) is 0 Å². The number of nitriles is 1. The third kappa shape index (κ3) is 3.02. The molecule has 0 spiro atoms. The number of ether oxygens (including phenoxy) is 1. The number of aliphatic hydroxyl groups excluding tert-OH is 1. The summed E-state index contributed by atoms with van der Waals surface area (Å²) in [4.78, 5) is 0. The summed E-state index contributed by atoms with van der Waals surface area (Å²) in [5.41, 5.74) is 0.458. The second kappa shape index (κ2) is 4.99. The summed E-state index contributed by atoms with van der Waals surface area (Å²) >= 11 is 3.26. The summed E-state index contributed by atoms with van der Waals surface area (Å²) in [5, 5.41) is 17.8. The van der Waals surface area contributed by atoms with Gasteiger partial charge in [-0.15, -0.1) is 0 Å². The predicted octanol–water partition coefficient (Wildman–Crippen LogP) is 2.08. The van der Waals surface area contributed by atoms with Gasteiger partial charge in [-0.25, -0.2) is 0 Å². The Morgan fingerprint density at radius 3 is 2.93 bits per heavy atom. The average Bonchev–Trinajstić information content (AvgIpc) is 2.15. The van der Waals surface area contributed by atoms with Gasteiger partial charge in [-0.05, 0) is 25.1 Å². The molecule has 0 bridgehead atoms. The third-order valence-corrected chi connectivity index (χ3v) is 2.04. The zero-order chi connectivity index (χ0) is 10.6. The van der Waals surface area contributed by atoms with Crippen LogP contribution in [-0.4, -0.2) is 17.8 Å². The summed E-state index contributed by atoms with van der Waals surface area (Å²) in [7, 11) is 0. The molecule has 1 N–H and O–H groups in total. The van der Waals surface area contributed by atoms with E-state index in [9.17, 15) is 0 Å². The number of nitrogens with zero attached hydrogens (tertiary/aromatic N) is 1. The van der Waals surface area contributed by atoms with Gasteiger partial charge >= 0.3 is 0 Å². The van der Waals surface area contributed by atoms with E-state index in [2.05, 4.69) is 15.9 Å². The molecule has 74 valence electrons. The maximum Gasteiger partial charge on any atom is 0.137 e. The molecule has 0 aliphatic rings. The van der Waals surface area contributed by atoms with Crippen molar-refractivity contribution in [2.24, 2.45) is 0 Å². The highest BCUT2D eigenvalue weighted by atomic mass is 79.9. The minimum Gasteiger partial charge on any atom is -0.490 e. The van der Waals surface area contributed by atoms with Crippen molar-refractivity contribution in [3.05, 3.63) is 28.2 Å². The lowest BCUT2D eigenvalue weighted by Gasteiger charge is -2.09. The molecule has 0 saturated heterocycles. The van der Waals surface area contributed by atoms with Crippen LogP contribution >= 0.6 is 15.9 Å². The number of hydrogen-bond donors (Lipinski definition) is 1. The molecule has 0 aliphatic heterocycles. The molecule has 0 fully saturated rings. The number of hydrogen-bond acceptors (Lipinski definition) is 3. The first-order valence-corrected chi connectivity index (χ1v) is 4.93. The minimum atomic E-state index is -0.537. The van der Waals surface area contributed by atoms with E-state index in [-0.39, 0.29) is 6.61 Å². The molecule has 0 amide bonds. The smallest absolute Gasteiger partial charge is 0.137 e. The Kier molecular flexibility index (Phi) is 3.93. The molecule has 0 radical (unpaired) electrons. The van der Waals surface area contributed by atoms with E-state index in [0.717, 1.165) is 4.47 Å². The third-order valence-electron chi connectivity index (χ3n) is 1.54. The molecule has 4 heteroatoms. The zero-order valence-electron chi connectivity index (χ0n) is 7.70. The Morgan fingerprint density at radius 2 is 2.36 bits per heavy atom. The standard InChI is InChI=1S/C10H10BrNO2/c1-7(13)6-14-10-3-2-9(11)4-8(10)5-12/h2-4,7,13H,6H2,1H3. The van der Waals surface area contributed by atoms with E-state index >= 15 is 0 Å². The van der Waals surface area contributed by atoms with Crippen molar-refractivity contribution in [2.75, 3.05) is 6.61 Å². The second-order valence-electron chi connectivity index (χ2n) is 2.91. The van der Waals surface area contributed by atoms with Crippen LogP contribution in [0.4, 0.5) is 0 Å². The van der Waals surface area contributed by atoms with Gasteiger partial charge in [0.05, 0.1) is 11.7 Å². The fraction of sp³-hybridized carbons (Fsp3) is 0.300. The van der Waals surface area contributed by atoms with Crippen molar-refractivity contribution in [2.45, 2.75) is 13.0 Å². The van der Waals surface area contributed by atoms with Crippen molar-refractivity contribution in [1.29, 1.82) is 5.26 Å². The number of rotatable bonds is 3. The van der Waals surface area contributed by atoms with Gasteiger partial charge in [0.1, 0.15) is 18.4 Å². The van der Waals surface area contributed by atoms with Gasteiger partial charge < -0.3 is 9.84 Å². The Balaban J connectivity index is 2.82. The first-order valence-electron chi connectivity index (χ1n) is 4.14. The van der Waals surface area contributed by atoms with E-state index in [1.807, 2.05) is 6.07 Å². The molecule has 0 aromatic heterocycles. The summed E-state index contributed by atoms with van der Waals surface area (Å²) in [5.74, 6) is 0.497. The minimum absolute atomic E-state index is 0.191. The van der Waals surface area contributed by atoms with Crippen LogP contribution in [0.1, 0.15) is 12.5 Å². The lowest BCUT2D eigenvalue weighted by atomic mass is 10.2. The summed E-state index contributed by atoms with van der Waals surface area (Å²) in [6, 6.07) is 7.19. The van der Waals surface area contributed by atoms with Crippen LogP contribution in [0.15, 0.2) is 22.7 Å².